The van der Waals surface area contributed by atoms with E-state index in [0.29, 0.717) is 21.2 Å². The molecular weight excluding hydrogens is 329 g/mol. The third kappa shape index (κ3) is 4.19. The molecule has 5 nitrogen and oxygen atoms in total. The molecule has 22 heavy (non-hydrogen) atoms. The zero-order valence-electron chi connectivity index (χ0n) is 11.3. The fourth-order valence-corrected chi connectivity index (χ4v) is 2.16. The van der Waals surface area contributed by atoms with Gasteiger partial charge in [-0.25, -0.2) is 0 Å². The molecule has 0 atom stereocenters. The largest absolute Gasteiger partial charge is 0.460 e. The highest BCUT2D eigenvalue weighted by molar-refractivity contribution is 6.42. The molecule has 114 valence electrons. The summed E-state index contributed by atoms with van der Waals surface area (Å²) in [6, 6.07) is 11.0. The first kappa shape index (κ1) is 16.3. The second-order valence-electron chi connectivity index (χ2n) is 4.47. The van der Waals surface area contributed by atoms with E-state index in [4.69, 9.17) is 27.9 Å². The van der Waals surface area contributed by atoms with Gasteiger partial charge in [-0.3, -0.25) is 14.9 Å². The number of benzene rings is 2. The number of para-hydroxylation sites is 1. The van der Waals surface area contributed by atoms with Crippen LogP contribution in [0, 0.1) is 10.1 Å². The molecule has 0 aliphatic carbocycles. The summed E-state index contributed by atoms with van der Waals surface area (Å²) in [5, 5.41) is 11.6. The van der Waals surface area contributed by atoms with E-state index in [2.05, 4.69) is 0 Å². The third-order valence-corrected chi connectivity index (χ3v) is 3.65. The van der Waals surface area contributed by atoms with Gasteiger partial charge in [0.1, 0.15) is 6.61 Å². The molecule has 0 radical (unpaired) electrons. The maximum Gasteiger partial charge on any atom is 0.310 e. The van der Waals surface area contributed by atoms with Gasteiger partial charge in [-0.1, -0.05) is 41.4 Å². The van der Waals surface area contributed by atoms with E-state index in [1.54, 1.807) is 36.4 Å². The van der Waals surface area contributed by atoms with Crippen molar-refractivity contribution >= 4 is 34.9 Å². The predicted molar refractivity (Wildman–Crippen MR) is 83.1 cm³/mol. The number of ether oxygens (including phenoxy) is 1. The van der Waals surface area contributed by atoms with Gasteiger partial charge >= 0.3 is 5.97 Å². The molecule has 0 aliphatic heterocycles. The van der Waals surface area contributed by atoms with Crippen LogP contribution in [0.2, 0.25) is 10.0 Å². The van der Waals surface area contributed by atoms with Gasteiger partial charge in [0.25, 0.3) is 5.69 Å². The lowest BCUT2D eigenvalue weighted by Crippen LogP contribution is -2.09. The van der Waals surface area contributed by atoms with Gasteiger partial charge < -0.3 is 4.74 Å². The number of nitro groups is 1. The van der Waals surface area contributed by atoms with Crippen molar-refractivity contribution in [1.82, 2.24) is 0 Å². The first-order chi connectivity index (χ1) is 10.5. The van der Waals surface area contributed by atoms with Gasteiger partial charge in [0.05, 0.1) is 27.0 Å². The second-order valence-corrected chi connectivity index (χ2v) is 5.29. The summed E-state index contributed by atoms with van der Waals surface area (Å²) in [5.74, 6) is -0.503. The van der Waals surface area contributed by atoms with Crippen molar-refractivity contribution in [2.75, 3.05) is 0 Å². The maximum absolute atomic E-state index is 11.8. The van der Waals surface area contributed by atoms with Crippen molar-refractivity contribution in [2.24, 2.45) is 0 Å². The number of rotatable bonds is 5. The van der Waals surface area contributed by atoms with Crippen molar-refractivity contribution < 1.29 is 14.5 Å². The van der Waals surface area contributed by atoms with Crippen LogP contribution in [-0.4, -0.2) is 10.9 Å². The molecule has 2 rings (SSSR count). The molecule has 0 aromatic heterocycles. The van der Waals surface area contributed by atoms with Crippen LogP contribution in [0.5, 0.6) is 0 Å². The number of halogens is 2. The summed E-state index contributed by atoms with van der Waals surface area (Å²) < 4.78 is 5.07. The van der Waals surface area contributed by atoms with Crippen LogP contribution in [0.4, 0.5) is 5.69 Å². The Morgan fingerprint density at radius 3 is 2.55 bits per heavy atom. The number of hydrogen-bond donors (Lipinski definition) is 0. The molecule has 0 bridgehead atoms. The second kappa shape index (κ2) is 7.24. The highest BCUT2D eigenvalue weighted by Crippen LogP contribution is 2.23. The molecule has 0 saturated carbocycles. The van der Waals surface area contributed by atoms with E-state index < -0.39 is 10.9 Å². The van der Waals surface area contributed by atoms with Gasteiger partial charge in [-0.05, 0) is 23.8 Å². The van der Waals surface area contributed by atoms with Crippen molar-refractivity contribution in [1.29, 1.82) is 0 Å². The Kier molecular flexibility index (Phi) is 5.35. The summed E-state index contributed by atoms with van der Waals surface area (Å²) in [4.78, 5) is 22.1. The minimum Gasteiger partial charge on any atom is -0.460 e. The van der Waals surface area contributed by atoms with Gasteiger partial charge in [0, 0.05) is 6.07 Å². The first-order valence-electron chi connectivity index (χ1n) is 6.29. The van der Waals surface area contributed by atoms with Crippen molar-refractivity contribution in [2.45, 2.75) is 13.0 Å². The van der Waals surface area contributed by atoms with Gasteiger partial charge in [-0.15, -0.1) is 0 Å². The molecule has 0 amide bonds. The monoisotopic (exact) mass is 339 g/mol. The fraction of sp³-hybridized carbons (Fsp3) is 0.133. The number of hydrogen-bond acceptors (Lipinski definition) is 4. The average molecular weight is 340 g/mol. The van der Waals surface area contributed by atoms with Crippen molar-refractivity contribution in [3.63, 3.8) is 0 Å². The summed E-state index contributed by atoms with van der Waals surface area (Å²) in [7, 11) is 0. The normalized spacial score (nSPS) is 10.3. The van der Waals surface area contributed by atoms with Crippen LogP contribution in [0.3, 0.4) is 0 Å². The first-order valence-corrected chi connectivity index (χ1v) is 7.05. The summed E-state index contributed by atoms with van der Waals surface area (Å²) in [6.07, 6.45) is 0.0114. The Hall–Kier alpha value is -2.11. The highest BCUT2D eigenvalue weighted by Gasteiger charge is 2.14. The Morgan fingerprint density at radius 2 is 1.86 bits per heavy atom. The van der Waals surface area contributed by atoms with E-state index in [0.717, 1.165) is 0 Å². The Bertz CT molecular complexity index is 718. The Labute approximate surface area is 136 Å². The molecular formula is C15H11Cl2NO4. The molecule has 0 unspecified atom stereocenters. The minimum absolute atomic E-state index is 0.0114. The van der Waals surface area contributed by atoms with E-state index in [9.17, 15) is 14.9 Å². The van der Waals surface area contributed by atoms with Crippen LogP contribution >= 0.6 is 23.2 Å². The summed E-state index contributed by atoms with van der Waals surface area (Å²) >= 11 is 11.7. The molecule has 0 fully saturated rings. The lowest BCUT2D eigenvalue weighted by Gasteiger charge is -2.06. The lowest BCUT2D eigenvalue weighted by molar-refractivity contribution is -0.385. The van der Waals surface area contributed by atoms with Crippen LogP contribution in [0.15, 0.2) is 42.5 Å². The Morgan fingerprint density at radius 1 is 1.14 bits per heavy atom. The van der Waals surface area contributed by atoms with E-state index in [1.807, 2.05) is 0 Å². The van der Waals surface area contributed by atoms with Gasteiger partial charge in [0.15, 0.2) is 0 Å². The van der Waals surface area contributed by atoms with E-state index >= 15 is 0 Å². The zero-order valence-corrected chi connectivity index (χ0v) is 12.8. The van der Waals surface area contributed by atoms with Crippen LogP contribution in [0.25, 0.3) is 0 Å². The molecule has 0 heterocycles. The molecule has 0 saturated heterocycles. The van der Waals surface area contributed by atoms with E-state index in [1.165, 1.54) is 6.07 Å². The topological polar surface area (TPSA) is 69.4 Å². The quantitative estimate of drug-likeness (QED) is 0.465. The number of esters is 1. The number of nitro benzene ring substituents is 1. The highest BCUT2D eigenvalue weighted by atomic mass is 35.5. The zero-order chi connectivity index (χ0) is 16.1. The van der Waals surface area contributed by atoms with Crippen LogP contribution in [-0.2, 0) is 22.6 Å². The van der Waals surface area contributed by atoms with Crippen LogP contribution in [0.1, 0.15) is 11.1 Å². The SMILES string of the molecule is O=C(Cc1ccc(Cl)c(Cl)c1)OCc1ccccc1[N+](=O)[O-]. The summed E-state index contributed by atoms with van der Waals surface area (Å²) in [5.41, 5.74) is 0.918. The molecule has 2 aromatic carbocycles. The van der Waals surface area contributed by atoms with Gasteiger partial charge in [-0.2, -0.15) is 0 Å². The van der Waals surface area contributed by atoms with E-state index in [-0.39, 0.29) is 18.7 Å². The molecule has 0 spiro atoms. The molecule has 0 N–H and O–H groups in total. The lowest BCUT2D eigenvalue weighted by atomic mass is 10.1. The smallest absolute Gasteiger partial charge is 0.310 e. The number of carbonyl (C=O) groups excluding carboxylic acids is 1. The fourth-order valence-electron chi connectivity index (χ4n) is 1.84. The standard InChI is InChI=1S/C15H11Cl2NO4/c16-12-6-5-10(7-13(12)17)8-15(19)22-9-11-3-1-2-4-14(11)18(20)21/h1-7H,8-9H2. The van der Waals surface area contributed by atoms with Crippen molar-refractivity contribution in [3.8, 4) is 0 Å². The molecule has 2 aromatic rings. The Balaban J connectivity index is 1.98. The average Bonchev–Trinajstić information content (AvgIpc) is 2.49. The molecule has 0 aliphatic rings. The third-order valence-electron chi connectivity index (χ3n) is 2.91. The predicted octanol–water partition coefficient (Wildman–Crippen LogP) is 4.19. The maximum atomic E-state index is 11.8. The number of nitrogens with zero attached hydrogens (tertiary/aromatic N) is 1. The van der Waals surface area contributed by atoms with Crippen molar-refractivity contribution in [3.05, 3.63) is 73.8 Å². The summed E-state index contributed by atoms with van der Waals surface area (Å²) in [6.45, 7) is -0.155. The van der Waals surface area contributed by atoms with Gasteiger partial charge in [0.2, 0.25) is 0 Å². The number of carbonyl (C=O) groups is 1. The van der Waals surface area contributed by atoms with Crippen LogP contribution < -0.4 is 0 Å². The molecule has 7 heteroatoms. The minimum atomic E-state index is -0.512.